The second kappa shape index (κ2) is 6.19. The van der Waals surface area contributed by atoms with Gasteiger partial charge in [-0.1, -0.05) is 0 Å². The van der Waals surface area contributed by atoms with E-state index in [4.69, 9.17) is 0 Å². The summed E-state index contributed by atoms with van der Waals surface area (Å²) in [6.07, 6.45) is 8.03. The van der Waals surface area contributed by atoms with E-state index in [0.717, 1.165) is 43.7 Å². The fourth-order valence-electron chi connectivity index (χ4n) is 3.69. The monoisotopic (exact) mass is 340 g/mol. The van der Waals surface area contributed by atoms with Crippen LogP contribution in [0.3, 0.4) is 0 Å². The number of hydrogen-bond acceptors (Lipinski definition) is 5. The average Bonchev–Trinajstić information content (AvgIpc) is 3.18. The number of nitrogens with zero attached hydrogens (tertiary/aromatic N) is 6. The predicted octanol–water partition coefficient (Wildman–Crippen LogP) is 1.94. The van der Waals surface area contributed by atoms with Crippen LogP contribution in [0.15, 0.2) is 30.7 Å². The molecular formula is C17H20N6O2. The maximum absolute atomic E-state index is 11.3. The molecule has 3 aromatic rings. The Bertz CT molecular complexity index is 915. The molecule has 8 nitrogen and oxygen atoms in total. The first-order valence-corrected chi connectivity index (χ1v) is 8.44. The molecule has 0 spiro atoms. The first-order chi connectivity index (χ1) is 12.1. The van der Waals surface area contributed by atoms with Crippen LogP contribution in [-0.4, -0.2) is 48.5 Å². The lowest BCUT2D eigenvalue weighted by Gasteiger charge is -2.22. The van der Waals surface area contributed by atoms with E-state index in [1.807, 2.05) is 24.0 Å². The van der Waals surface area contributed by atoms with Crippen LogP contribution in [0.2, 0.25) is 0 Å². The topological polar surface area (TPSA) is 88.5 Å². The molecule has 25 heavy (non-hydrogen) atoms. The molecule has 1 unspecified atom stereocenters. The quantitative estimate of drug-likeness (QED) is 0.784. The number of anilines is 1. The number of fused-ring (bicyclic) bond motifs is 1. The summed E-state index contributed by atoms with van der Waals surface area (Å²) in [5.41, 5.74) is 2.08. The van der Waals surface area contributed by atoms with Gasteiger partial charge in [0.15, 0.2) is 11.5 Å². The van der Waals surface area contributed by atoms with Crippen molar-refractivity contribution in [2.45, 2.75) is 25.2 Å². The van der Waals surface area contributed by atoms with Crippen molar-refractivity contribution in [3.05, 3.63) is 42.1 Å². The van der Waals surface area contributed by atoms with Crippen molar-refractivity contribution in [1.29, 1.82) is 0 Å². The van der Waals surface area contributed by atoms with E-state index in [-0.39, 0.29) is 5.69 Å². The smallest absolute Gasteiger partial charge is 0.356 e. The Labute approximate surface area is 144 Å². The molecule has 0 aliphatic carbocycles. The number of carboxylic acids is 1. The van der Waals surface area contributed by atoms with Gasteiger partial charge in [-0.25, -0.2) is 14.3 Å². The molecule has 0 amide bonds. The predicted molar refractivity (Wildman–Crippen MR) is 92.0 cm³/mol. The maximum atomic E-state index is 11.3. The first-order valence-electron chi connectivity index (χ1n) is 8.44. The molecule has 1 N–H and O–H groups in total. The molecule has 0 radical (unpaired) electrons. The molecular weight excluding hydrogens is 320 g/mol. The summed E-state index contributed by atoms with van der Waals surface area (Å²) in [7, 11) is 1.99. The molecule has 0 bridgehead atoms. The third-order valence-electron chi connectivity index (χ3n) is 4.93. The fraction of sp³-hybridized carbons (Fsp3) is 0.412. The van der Waals surface area contributed by atoms with Gasteiger partial charge in [0.05, 0.1) is 12.4 Å². The number of carbonyl (C=O) groups is 1. The molecule has 1 atom stereocenters. The van der Waals surface area contributed by atoms with Gasteiger partial charge in [-0.2, -0.15) is 10.2 Å². The standard InChI is InChI=1S/C17H20N6O2/c1-21-13(4-7-19-21)12-3-2-9-22(10-6-12)16-14-5-8-20-23(14)15(11-18-16)17(24)25/h4-5,7-8,11-12H,2-3,6,9-10H2,1H3,(H,24,25). The van der Waals surface area contributed by atoms with Crippen molar-refractivity contribution in [2.24, 2.45) is 7.05 Å². The molecule has 8 heteroatoms. The Kier molecular flexibility index (Phi) is 3.87. The number of hydrogen-bond donors (Lipinski definition) is 1. The molecule has 4 heterocycles. The summed E-state index contributed by atoms with van der Waals surface area (Å²) in [6, 6.07) is 3.91. The fourth-order valence-corrected chi connectivity index (χ4v) is 3.69. The van der Waals surface area contributed by atoms with Crippen molar-refractivity contribution in [3.8, 4) is 0 Å². The summed E-state index contributed by atoms with van der Waals surface area (Å²) in [5.74, 6) is 0.254. The van der Waals surface area contributed by atoms with E-state index in [1.165, 1.54) is 16.4 Å². The van der Waals surface area contributed by atoms with Crippen molar-refractivity contribution in [3.63, 3.8) is 0 Å². The lowest BCUT2D eigenvalue weighted by Crippen LogP contribution is -2.26. The summed E-state index contributed by atoms with van der Waals surface area (Å²) in [4.78, 5) is 18.0. The molecule has 3 aromatic heterocycles. The first kappa shape index (κ1) is 15.6. The van der Waals surface area contributed by atoms with Crippen LogP contribution >= 0.6 is 0 Å². The van der Waals surface area contributed by atoms with E-state index in [1.54, 1.807) is 6.20 Å². The minimum absolute atomic E-state index is 0.0753. The molecule has 4 rings (SSSR count). The van der Waals surface area contributed by atoms with E-state index < -0.39 is 5.97 Å². The zero-order valence-corrected chi connectivity index (χ0v) is 14.0. The van der Waals surface area contributed by atoms with E-state index in [0.29, 0.717) is 5.92 Å². The van der Waals surface area contributed by atoms with Crippen LogP contribution < -0.4 is 4.90 Å². The SMILES string of the molecule is Cn1nccc1C1CCCN(c2ncc(C(=O)O)n3nccc23)CC1. The van der Waals surface area contributed by atoms with Crippen molar-refractivity contribution < 1.29 is 9.90 Å². The Hall–Kier alpha value is -2.90. The van der Waals surface area contributed by atoms with Crippen LogP contribution in [0.4, 0.5) is 5.82 Å². The van der Waals surface area contributed by atoms with E-state index in [9.17, 15) is 9.90 Å². The lowest BCUT2D eigenvalue weighted by atomic mass is 9.97. The number of aromatic carboxylic acids is 1. The molecule has 130 valence electrons. The molecule has 1 aliphatic rings. The summed E-state index contributed by atoms with van der Waals surface area (Å²) >= 11 is 0. The van der Waals surface area contributed by atoms with Gasteiger partial charge in [0.1, 0.15) is 5.52 Å². The van der Waals surface area contributed by atoms with Gasteiger partial charge in [0.25, 0.3) is 0 Å². The van der Waals surface area contributed by atoms with Crippen LogP contribution in [0, 0.1) is 0 Å². The van der Waals surface area contributed by atoms with Gasteiger partial charge < -0.3 is 10.0 Å². The van der Waals surface area contributed by atoms with Gasteiger partial charge in [-0.15, -0.1) is 0 Å². The van der Waals surface area contributed by atoms with Gasteiger partial charge >= 0.3 is 5.97 Å². The largest absolute Gasteiger partial charge is 0.476 e. The number of rotatable bonds is 3. The normalized spacial score (nSPS) is 18.4. The highest BCUT2D eigenvalue weighted by Crippen LogP contribution is 2.30. The third kappa shape index (κ3) is 2.73. The molecule has 1 aliphatic heterocycles. The summed E-state index contributed by atoms with van der Waals surface area (Å²) < 4.78 is 3.41. The highest BCUT2D eigenvalue weighted by molar-refractivity contribution is 5.87. The zero-order valence-electron chi connectivity index (χ0n) is 14.0. The average molecular weight is 340 g/mol. The highest BCUT2D eigenvalue weighted by atomic mass is 16.4. The Morgan fingerprint density at radius 1 is 1.20 bits per heavy atom. The van der Waals surface area contributed by atoms with Crippen molar-refractivity contribution >= 4 is 17.3 Å². The Morgan fingerprint density at radius 3 is 2.80 bits per heavy atom. The highest BCUT2D eigenvalue weighted by Gasteiger charge is 2.23. The Morgan fingerprint density at radius 2 is 2.04 bits per heavy atom. The van der Waals surface area contributed by atoms with Gasteiger partial charge in [0, 0.05) is 37.9 Å². The van der Waals surface area contributed by atoms with Crippen LogP contribution in [0.25, 0.3) is 5.52 Å². The van der Waals surface area contributed by atoms with E-state index in [2.05, 4.69) is 26.1 Å². The second-order valence-corrected chi connectivity index (χ2v) is 6.40. The van der Waals surface area contributed by atoms with Crippen molar-refractivity contribution in [2.75, 3.05) is 18.0 Å². The minimum Gasteiger partial charge on any atom is -0.476 e. The third-order valence-corrected chi connectivity index (χ3v) is 4.93. The summed E-state index contributed by atoms with van der Waals surface area (Å²) in [6.45, 7) is 1.77. The number of aromatic nitrogens is 5. The van der Waals surface area contributed by atoms with Gasteiger partial charge in [-0.05, 0) is 31.4 Å². The maximum Gasteiger partial charge on any atom is 0.356 e. The van der Waals surface area contributed by atoms with E-state index >= 15 is 0 Å². The zero-order chi connectivity index (χ0) is 17.4. The van der Waals surface area contributed by atoms with Gasteiger partial charge in [0.2, 0.25) is 0 Å². The molecule has 0 aromatic carbocycles. The van der Waals surface area contributed by atoms with Crippen LogP contribution in [-0.2, 0) is 7.05 Å². The van der Waals surface area contributed by atoms with Gasteiger partial charge in [-0.3, -0.25) is 4.68 Å². The Balaban J connectivity index is 1.62. The molecule has 0 saturated carbocycles. The molecule has 1 saturated heterocycles. The second-order valence-electron chi connectivity index (χ2n) is 6.40. The van der Waals surface area contributed by atoms with Crippen LogP contribution in [0.5, 0.6) is 0 Å². The summed E-state index contributed by atoms with van der Waals surface area (Å²) in [5, 5.41) is 17.7. The lowest BCUT2D eigenvalue weighted by molar-refractivity contribution is 0.0687. The minimum atomic E-state index is -1.03. The molecule has 1 fully saturated rings. The van der Waals surface area contributed by atoms with Crippen LogP contribution in [0.1, 0.15) is 41.4 Å². The van der Waals surface area contributed by atoms with Crippen molar-refractivity contribution in [1.82, 2.24) is 24.4 Å². The number of carboxylic acid groups (broad SMARTS) is 1. The number of aryl methyl sites for hydroxylation is 1.